The molecule has 2 heterocycles. The fraction of sp³-hybridized carbons (Fsp3) is 0.0526. The number of benzene rings is 2. The molecule has 3 aromatic rings. The lowest BCUT2D eigenvalue weighted by Gasteiger charge is -2.18. The smallest absolute Gasteiger partial charge is 0.255 e. The highest BCUT2D eigenvalue weighted by Crippen LogP contribution is 2.27. The van der Waals surface area contributed by atoms with Crippen molar-refractivity contribution in [3.05, 3.63) is 78.1 Å². The predicted molar refractivity (Wildman–Crippen MR) is 92.1 cm³/mol. The van der Waals surface area contributed by atoms with Crippen LogP contribution in [-0.2, 0) is 4.79 Å². The van der Waals surface area contributed by atoms with Gasteiger partial charge >= 0.3 is 0 Å². The molecular weight excluding hydrogens is 302 g/mol. The molecule has 5 heteroatoms. The summed E-state index contributed by atoms with van der Waals surface area (Å²) in [5.41, 5.74) is 3.01. The van der Waals surface area contributed by atoms with Gasteiger partial charge in [-0.15, -0.1) is 0 Å². The van der Waals surface area contributed by atoms with Crippen molar-refractivity contribution in [3.8, 4) is 11.4 Å². The van der Waals surface area contributed by atoms with Crippen molar-refractivity contribution >= 4 is 17.7 Å². The van der Waals surface area contributed by atoms with Gasteiger partial charge in [0.15, 0.2) is 0 Å². The molecule has 1 N–H and O–H groups in total. The molecule has 0 bridgehead atoms. The third-order valence-corrected chi connectivity index (χ3v) is 3.83. The standard InChI is InChI=1S/C19H15N3O2/c23-19(15-12-14-6-1-4-9-18(14)24-13-15)21-16-7-2-3-8-17(16)22-11-5-10-20-22/h1-12H,13H2,(H,21,23). The van der Waals surface area contributed by atoms with Crippen LogP contribution in [0.3, 0.4) is 0 Å². The first-order valence-electron chi connectivity index (χ1n) is 7.64. The summed E-state index contributed by atoms with van der Waals surface area (Å²) in [5.74, 6) is 0.620. The van der Waals surface area contributed by atoms with Crippen molar-refractivity contribution in [1.29, 1.82) is 0 Å². The molecule has 2 aromatic carbocycles. The molecule has 5 nitrogen and oxygen atoms in total. The third kappa shape index (κ3) is 2.67. The Kier molecular flexibility index (Phi) is 3.59. The minimum Gasteiger partial charge on any atom is -0.488 e. The topological polar surface area (TPSA) is 56.2 Å². The molecule has 1 aliphatic rings. The summed E-state index contributed by atoms with van der Waals surface area (Å²) < 4.78 is 7.37. The molecule has 0 saturated heterocycles. The van der Waals surface area contributed by atoms with E-state index in [0.717, 1.165) is 17.0 Å². The number of fused-ring (bicyclic) bond motifs is 1. The number of amides is 1. The second-order valence-electron chi connectivity index (χ2n) is 5.42. The number of nitrogens with zero attached hydrogens (tertiary/aromatic N) is 2. The molecule has 0 unspecified atom stereocenters. The van der Waals surface area contributed by atoms with Crippen molar-refractivity contribution < 1.29 is 9.53 Å². The number of carbonyl (C=O) groups excluding carboxylic acids is 1. The van der Waals surface area contributed by atoms with Gasteiger partial charge in [0.1, 0.15) is 12.4 Å². The van der Waals surface area contributed by atoms with E-state index in [1.54, 1.807) is 10.9 Å². The van der Waals surface area contributed by atoms with Crippen LogP contribution in [0.1, 0.15) is 5.56 Å². The first kappa shape index (κ1) is 14.3. The highest BCUT2D eigenvalue weighted by Gasteiger charge is 2.18. The highest BCUT2D eigenvalue weighted by atomic mass is 16.5. The summed E-state index contributed by atoms with van der Waals surface area (Å²) in [6, 6.07) is 17.1. The molecule has 0 saturated carbocycles. The molecule has 24 heavy (non-hydrogen) atoms. The number of rotatable bonds is 3. The Morgan fingerprint density at radius 3 is 2.79 bits per heavy atom. The first-order valence-corrected chi connectivity index (χ1v) is 7.64. The number of nitrogens with one attached hydrogen (secondary N) is 1. The highest BCUT2D eigenvalue weighted by molar-refractivity contribution is 6.08. The van der Waals surface area contributed by atoms with Crippen LogP contribution in [-0.4, -0.2) is 22.3 Å². The van der Waals surface area contributed by atoms with Gasteiger partial charge in [0.25, 0.3) is 5.91 Å². The molecule has 1 amide bonds. The third-order valence-electron chi connectivity index (χ3n) is 3.83. The molecule has 4 rings (SSSR count). The van der Waals surface area contributed by atoms with E-state index in [9.17, 15) is 4.79 Å². The fourth-order valence-corrected chi connectivity index (χ4v) is 2.64. The van der Waals surface area contributed by atoms with Crippen molar-refractivity contribution in [2.75, 3.05) is 11.9 Å². The number of para-hydroxylation sites is 3. The van der Waals surface area contributed by atoms with E-state index in [4.69, 9.17) is 4.74 Å². The second kappa shape index (κ2) is 6.04. The molecule has 118 valence electrons. The first-order chi connectivity index (χ1) is 11.8. The zero-order chi connectivity index (χ0) is 16.4. The van der Waals surface area contributed by atoms with Crippen LogP contribution in [0.25, 0.3) is 11.8 Å². The van der Waals surface area contributed by atoms with E-state index in [1.807, 2.05) is 66.9 Å². The number of anilines is 1. The molecule has 0 spiro atoms. The van der Waals surface area contributed by atoms with Gasteiger partial charge < -0.3 is 10.1 Å². The van der Waals surface area contributed by atoms with Crippen molar-refractivity contribution in [2.24, 2.45) is 0 Å². The van der Waals surface area contributed by atoms with Crippen LogP contribution in [0.5, 0.6) is 5.75 Å². The average molecular weight is 317 g/mol. The van der Waals surface area contributed by atoms with Crippen LogP contribution >= 0.6 is 0 Å². The lowest BCUT2D eigenvalue weighted by atomic mass is 10.1. The van der Waals surface area contributed by atoms with E-state index in [2.05, 4.69) is 10.4 Å². The zero-order valence-electron chi connectivity index (χ0n) is 12.8. The number of aromatic nitrogens is 2. The SMILES string of the molecule is O=C(Nc1ccccc1-n1cccn1)C1=Cc2ccccc2OC1. The van der Waals surface area contributed by atoms with Gasteiger partial charge in [0.05, 0.1) is 16.9 Å². The molecule has 0 fully saturated rings. The maximum atomic E-state index is 12.6. The quantitative estimate of drug-likeness (QED) is 0.806. The largest absolute Gasteiger partial charge is 0.488 e. The van der Waals surface area contributed by atoms with Gasteiger partial charge in [-0.3, -0.25) is 4.79 Å². The van der Waals surface area contributed by atoms with E-state index in [1.165, 1.54) is 0 Å². The van der Waals surface area contributed by atoms with Gasteiger partial charge in [0, 0.05) is 18.0 Å². The number of carbonyl (C=O) groups is 1. The van der Waals surface area contributed by atoms with Crippen LogP contribution in [0, 0.1) is 0 Å². The Bertz CT molecular complexity index is 914. The molecule has 0 aliphatic carbocycles. The van der Waals surface area contributed by atoms with Gasteiger partial charge in [-0.2, -0.15) is 5.10 Å². The summed E-state index contributed by atoms with van der Waals surface area (Å²) in [5, 5.41) is 7.17. The number of hydrogen-bond donors (Lipinski definition) is 1. The van der Waals surface area contributed by atoms with E-state index >= 15 is 0 Å². The van der Waals surface area contributed by atoms with E-state index < -0.39 is 0 Å². The lowest BCUT2D eigenvalue weighted by Crippen LogP contribution is -2.22. The minimum atomic E-state index is -0.177. The average Bonchev–Trinajstić information content (AvgIpc) is 3.16. The Balaban J connectivity index is 1.61. The Morgan fingerprint density at radius 2 is 1.92 bits per heavy atom. The van der Waals surface area contributed by atoms with Gasteiger partial charge in [-0.05, 0) is 30.3 Å². The van der Waals surface area contributed by atoms with Crippen molar-refractivity contribution in [2.45, 2.75) is 0 Å². The summed E-state index contributed by atoms with van der Waals surface area (Å²) in [7, 11) is 0. The van der Waals surface area contributed by atoms with E-state index in [0.29, 0.717) is 11.3 Å². The Morgan fingerprint density at radius 1 is 1.08 bits per heavy atom. The maximum Gasteiger partial charge on any atom is 0.255 e. The number of ether oxygens (including phenoxy) is 1. The minimum absolute atomic E-state index is 0.177. The van der Waals surface area contributed by atoms with Crippen LogP contribution in [0.15, 0.2) is 72.6 Å². The van der Waals surface area contributed by atoms with Crippen molar-refractivity contribution in [3.63, 3.8) is 0 Å². The zero-order valence-corrected chi connectivity index (χ0v) is 12.8. The monoisotopic (exact) mass is 317 g/mol. The predicted octanol–water partition coefficient (Wildman–Crippen LogP) is 3.29. The normalized spacial score (nSPS) is 12.8. The van der Waals surface area contributed by atoms with Gasteiger partial charge in [-0.25, -0.2) is 4.68 Å². The summed E-state index contributed by atoms with van der Waals surface area (Å²) in [4.78, 5) is 12.6. The molecule has 0 radical (unpaired) electrons. The lowest BCUT2D eigenvalue weighted by molar-refractivity contribution is -0.113. The van der Waals surface area contributed by atoms with Crippen LogP contribution < -0.4 is 10.1 Å². The fourth-order valence-electron chi connectivity index (χ4n) is 2.64. The number of hydrogen-bond acceptors (Lipinski definition) is 3. The van der Waals surface area contributed by atoms with E-state index in [-0.39, 0.29) is 12.5 Å². The second-order valence-corrected chi connectivity index (χ2v) is 5.42. The van der Waals surface area contributed by atoms with Gasteiger partial charge in [0.2, 0.25) is 0 Å². The van der Waals surface area contributed by atoms with Crippen molar-refractivity contribution in [1.82, 2.24) is 9.78 Å². The molecule has 0 atom stereocenters. The van der Waals surface area contributed by atoms with Crippen LogP contribution in [0.4, 0.5) is 5.69 Å². The maximum absolute atomic E-state index is 12.6. The van der Waals surface area contributed by atoms with Gasteiger partial charge in [-0.1, -0.05) is 30.3 Å². The Hall–Kier alpha value is -3.34. The molecule has 1 aliphatic heterocycles. The van der Waals surface area contributed by atoms with Crippen LogP contribution in [0.2, 0.25) is 0 Å². The summed E-state index contributed by atoms with van der Waals surface area (Å²) in [6.07, 6.45) is 5.40. The Labute approximate surface area is 139 Å². The summed E-state index contributed by atoms with van der Waals surface area (Å²) >= 11 is 0. The molecular formula is C19H15N3O2. The summed E-state index contributed by atoms with van der Waals surface area (Å²) in [6.45, 7) is 0.257. The molecule has 1 aromatic heterocycles.